The number of hydrogen-bond donors (Lipinski definition) is 1. The molecular formula is C15H18O3. The molecular weight excluding hydrogens is 228 g/mol. The molecule has 1 N–H and O–H groups in total. The molecule has 1 atom stereocenters. The zero-order chi connectivity index (χ0) is 13.4. The maximum absolute atomic E-state index is 11.5. The van der Waals surface area contributed by atoms with Crippen LogP contribution >= 0.6 is 0 Å². The number of hydrogen-bond acceptors (Lipinski definition) is 3. The molecule has 3 heteroatoms. The van der Waals surface area contributed by atoms with Crippen LogP contribution in [0.25, 0.3) is 6.08 Å². The van der Waals surface area contributed by atoms with Gasteiger partial charge in [0.1, 0.15) is 6.61 Å². The van der Waals surface area contributed by atoms with Crippen LogP contribution in [0, 0.1) is 0 Å². The molecule has 0 aliphatic rings. The monoisotopic (exact) mass is 246 g/mol. The molecule has 0 fully saturated rings. The van der Waals surface area contributed by atoms with Crippen molar-refractivity contribution in [3.8, 4) is 0 Å². The summed E-state index contributed by atoms with van der Waals surface area (Å²) in [5, 5.41) is 9.00. The van der Waals surface area contributed by atoms with Gasteiger partial charge in [-0.3, -0.25) is 0 Å². The highest BCUT2D eigenvalue weighted by Crippen LogP contribution is 2.03. The summed E-state index contributed by atoms with van der Waals surface area (Å²) < 4.78 is 4.88. The maximum atomic E-state index is 11.5. The van der Waals surface area contributed by atoms with Gasteiger partial charge in [-0.25, -0.2) is 4.79 Å². The van der Waals surface area contributed by atoms with Crippen molar-refractivity contribution in [3.05, 3.63) is 53.6 Å². The summed E-state index contributed by atoms with van der Waals surface area (Å²) in [6.45, 7) is 3.27. The Morgan fingerprint density at radius 1 is 1.39 bits per heavy atom. The third-order valence-corrected chi connectivity index (χ3v) is 2.21. The second-order valence-corrected chi connectivity index (χ2v) is 4.07. The highest BCUT2D eigenvalue weighted by molar-refractivity contribution is 5.88. The van der Waals surface area contributed by atoms with Gasteiger partial charge >= 0.3 is 5.97 Å². The van der Waals surface area contributed by atoms with Crippen LogP contribution in [0.5, 0.6) is 0 Å². The van der Waals surface area contributed by atoms with Gasteiger partial charge < -0.3 is 9.84 Å². The number of ether oxygens (including phenoxy) is 1. The Kier molecular flexibility index (Phi) is 5.88. The minimum absolute atomic E-state index is 0.0203. The minimum Gasteiger partial charge on any atom is -0.460 e. The van der Waals surface area contributed by atoms with Gasteiger partial charge in [-0.05, 0) is 19.4 Å². The third kappa shape index (κ3) is 5.46. The van der Waals surface area contributed by atoms with Gasteiger partial charge in [-0.15, -0.1) is 0 Å². The van der Waals surface area contributed by atoms with Crippen molar-refractivity contribution >= 4 is 12.0 Å². The lowest BCUT2D eigenvalue weighted by molar-refractivity contribution is -0.141. The first-order chi connectivity index (χ1) is 8.59. The van der Waals surface area contributed by atoms with Gasteiger partial charge in [0.2, 0.25) is 0 Å². The van der Waals surface area contributed by atoms with E-state index in [-0.39, 0.29) is 6.61 Å². The fraction of sp³-hybridized carbons (Fsp3) is 0.267. The molecule has 1 unspecified atom stereocenters. The number of carbonyl (C=O) groups excluding carboxylic acids is 1. The van der Waals surface area contributed by atoms with Crippen molar-refractivity contribution < 1.29 is 14.6 Å². The van der Waals surface area contributed by atoms with Gasteiger partial charge in [0.15, 0.2) is 0 Å². The molecule has 1 aromatic carbocycles. The van der Waals surface area contributed by atoms with Gasteiger partial charge in [0.25, 0.3) is 0 Å². The van der Waals surface area contributed by atoms with Crippen LogP contribution in [-0.2, 0) is 9.53 Å². The van der Waals surface area contributed by atoms with Gasteiger partial charge in [0.05, 0.1) is 6.10 Å². The number of carbonyl (C=O) groups is 1. The Bertz CT molecular complexity index is 430. The topological polar surface area (TPSA) is 46.5 Å². The fourth-order valence-electron chi connectivity index (χ4n) is 1.25. The molecule has 0 amide bonds. The van der Waals surface area contributed by atoms with Crippen molar-refractivity contribution in [2.24, 2.45) is 0 Å². The second-order valence-electron chi connectivity index (χ2n) is 4.07. The summed E-state index contributed by atoms with van der Waals surface area (Å²) in [7, 11) is 0. The minimum atomic E-state index is -0.637. The standard InChI is InChI=1S/C15H18O3/c1-12(15(17)18-11-13(2)16)7-6-10-14-8-4-3-5-9-14/h3-10,13,16H,11H2,1-2H3. The van der Waals surface area contributed by atoms with Crippen LogP contribution in [0.15, 0.2) is 48.1 Å². The van der Waals surface area contributed by atoms with E-state index in [0.717, 1.165) is 5.56 Å². The van der Waals surface area contributed by atoms with Gasteiger partial charge in [0, 0.05) is 5.57 Å². The Morgan fingerprint density at radius 2 is 2.06 bits per heavy atom. The average Bonchev–Trinajstić information content (AvgIpc) is 2.37. The average molecular weight is 246 g/mol. The van der Waals surface area contributed by atoms with E-state index in [0.29, 0.717) is 5.57 Å². The quantitative estimate of drug-likeness (QED) is 0.493. The molecule has 0 radical (unpaired) electrons. The number of aliphatic hydroxyl groups is 1. The number of aliphatic hydroxyl groups excluding tert-OH is 1. The lowest BCUT2D eigenvalue weighted by Gasteiger charge is -2.05. The lowest BCUT2D eigenvalue weighted by Crippen LogP contribution is -2.15. The Morgan fingerprint density at radius 3 is 2.67 bits per heavy atom. The van der Waals surface area contributed by atoms with E-state index in [2.05, 4.69) is 0 Å². The molecule has 96 valence electrons. The largest absolute Gasteiger partial charge is 0.460 e. The molecule has 0 spiro atoms. The zero-order valence-corrected chi connectivity index (χ0v) is 10.7. The maximum Gasteiger partial charge on any atom is 0.333 e. The summed E-state index contributed by atoms with van der Waals surface area (Å²) in [5.41, 5.74) is 1.57. The number of esters is 1. The van der Waals surface area contributed by atoms with E-state index in [1.807, 2.05) is 36.4 Å². The van der Waals surface area contributed by atoms with Crippen LogP contribution < -0.4 is 0 Å². The Hall–Kier alpha value is -1.87. The summed E-state index contributed by atoms with van der Waals surface area (Å²) in [6.07, 6.45) is 4.76. The van der Waals surface area contributed by atoms with Crippen molar-refractivity contribution in [2.45, 2.75) is 20.0 Å². The van der Waals surface area contributed by atoms with Gasteiger partial charge in [-0.2, -0.15) is 0 Å². The highest BCUT2D eigenvalue weighted by Gasteiger charge is 2.05. The molecule has 1 aromatic rings. The molecule has 0 aliphatic heterocycles. The summed E-state index contributed by atoms with van der Waals surface area (Å²) in [5.74, 6) is -0.409. The van der Waals surface area contributed by atoms with E-state index < -0.39 is 12.1 Å². The molecule has 0 heterocycles. The lowest BCUT2D eigenvalue weighted by atomic mass is 10.2. The van der Waals surface area contributed by atoms with Gasteiger partial charge in [-0.1, -0.05) is 48.6 Å². The molecule has 3 nitrogen and oxygen atoms in total. The first kappa shape index (κ1) is 14.2. The molecule has 0 aliphatic carbocycles. The van der Waals surface area contributed by atoms with Crippen LogP contribution in [0.4, 0.5) is 0 Å². The fourth-order valence-corrected chi connectivity index (χ4v) is 1.25. The summed E-state index contributed by atoms with van der Waals surface area (Å²) in [4.78, 5) is 11.5. The van der Waals surface area contributed by atoms with Crippen LogP contribution in [0.2, 0.25) is 0 Å². The van der Waals surface area contributed by atoms with Crippen molar-refractivity contribution in [1.82, 2.24) is 0 Å². The predicted octanol–water partition coefficient (Wildman–Crippen LogP) is 2.57. The van der Waals surface area contributed by atoms with E-state index in [9.17, 15) is 4.79 Å². The van der Waals surface area contributed by atoms with Crippen molar-refractivity contribution in [1.29, 1.82) is 0 Å². The van der Waals surface area contributed by atoms with E-state index in [4.69, 9.17) is 9.84 Å². The number of allylic oxidation sites excluding steroid dienone is 2. The molecule has 1 rings (SSSR count). The van der Waals surface area contributed by atoms with E-state index in [1.54, 1.807) is 26.0 Å². The summed E-state index contributed by atoms with van der Waals surface area (Å²) in [6, 6.07) is 9.81. The smallest absolute Gasteiger partial charge is 0.333 e. The number of rotatable bonds is 5. The van der Waals surface area contributed by atoms with Crippen LogP contribution in [0.1, 0.15) is 19.4 Å². The highest BCUT2D eigenvalue weighted by atomic mass is 16.5. The first-order valence-corrected chi connectivity index (χ1v) is 5.85. The number of benzene rings is 1. The Labute approximate surface area is 107 Å². The second kappa shape index (κ2) is 7.45. The summed E-state index contributed by atoms with van der Waals surface area (Å²) >= 11 is 0. The Balaban J connectivity index is 2.51. The molecule has 0 saturated heterocycles. The zero-order valence-electron chi connectivity index (χ0n) is 10.7. The SMILES string of the molecule is CC(=CC=Cc1ccccc1)C(=O)OCC(C)O. The predicted molar refractivity (Wildman–Crippen MR) is 71.9 cm³/mol. The molecule has 0 aromatic heterocycles. The van der Waals surface area contributed by atoms with E-state index in [1.165, 1.54) is 0 Å². The normalized spacial score (nSPS) is 13.6. The molecule has 0 bridgehead atoms. The first-order valence-electron chi connectivity index (χ1n) is 5.85. The molecule has 18 heavy (non-hydrogen) atoms. The van der Waals surface area contributed by atoms with E-state index >= 15 is 0 Å². The third-order valence-electron chi connectivity index (χ3n) is 2.21. The van der Waals surface area contributed by atoms with Crippen molar-refractivity contribution in [2.75, 3.05) is 6.61 Å². The molecule has 0 saturated carbocycles. The van der Waals surface area contributed by atoms with Crippen LogP contribution in [0.3, 0.4) is 0 Å². The van der Waals surface area contributed by atoms with Crippen LogP contribution in [-0.4, -0.2) is 23.8 Å². The van der Waals surface area contributed by atoms with Crippen molar-refractivity contribution in [3.63, 3.8) is 0 Å².